The molecule has 108 valence electrons. The predicted octanol–water partition coefficient (Wildman–Crippen LogP) is 2.63. The van der Waals surface area contributed by atoms with E-state index in [2.05, 4.69) is 27.7 Å². The lowest BCUT2D eigenvalue weighted by Crippen LogP contribution is -2.60. The fourth-order valence-electron chi connectivity index (χ4n) is 4.62. The maximum absolute atomic E-state index is 6.24. The first-order valence-electron chi connectivity index (χ1n) is 8.02. The normalized spacial score (nSPS) is 46.1. The second-order valence-corrected chi connectivity index (χ2v) is 7.57. The highest BCUT2D eigenvalue weighted by atomic mass is 16.7. The van der Waals surface area contributed by atoms with Crippen molar-refractivity contribution in [1.82, 2.24) is 0 Å². The molecule has 4 fully saturated rings. The van der Waals surface area contributed by atoms with Crippen LogP contribution in [0.15, 0.2) is 0 Å². The lowest BCUT2D eigenvalue weighted by molar-refractivity contribution is -0.162. The van der Waals surface area contributed by atoms with E-state index >= 15 is 0 Å². The molecule has 4 rings (SSSR count). The van der Waals surface area contributed by atoms with Crippen molar-refractivity contribution < 1.29 is 9.31 Å². The molecule has 1 aliphatic heterocycles. The van der Waals surface area contributed by atoms with Gasteiger partial charge in [-0.25, -0.2) is 0 Å². The van der Waals surface area contributed by atoms with Gasteiger partial charge in [0, 0.05) is 5.94 Å². The molecule has 1 heterocycles. The van der Waals surface area contributed by atoms with Gasteiger partial charge in [0.05, 0.1) is 12.2 Å². The van der Waals surface area contributed by atoms with E-state index in [1.807, 2.05) is 0 Å². The molecule has 2 bridgehead atoms. The van der Waals surface area contributed by atoms with Crippen LogP contribution in [0.25, 0.3) is 0 Å². The molecule has 4 aliphatic rings. The molecule has 4 heteroatoms. The van der Waals surface area contributed by atoms with Crippen LogP contribution in [0.3, 0.4) is 0 Å². The first-order valence-corrected chi connectivity index (χ1v) is 8.02. The minimum Gasteiger partial charge on any atom is -0.405 e. The summed E-state index contributed by atoms with van der Waals surface area (Å²) in [5.74, 6) is 2.15. The third kappa shape index (κ3) is 2.07. The Morgan fingerprint density at radius 1 is 1.32 bits per heavy atom. The highest BCUT2D eigenvalue weighted by Crippen LogP contribution is 2.63. The summed E-state index contributed by atoms with van der Waals surface area (Å²) < 4.78 is 12.3. The number of nitrogens with two attached hydrogens (primary N) is 1. The van der Waals surface area contributed by atoms with Crippen molar-refractivity contribution in [2.24, 2.45) is 28.9 Å². The van der Waals surface area contributed by atoms with Crippen LogP contribution in [-0.4, -0.2) is 25.3 Å². The van der Waals surface area contributed by atoms with Gasteiger partial charge in [-0.15, -0.1) is 0 Å². The summed E-state index contributed by atoms with van der Waals surface area (Å²) in [5.41, 5.74) is 6.73. The molecule has 0 aromatic carbocycles. The fraction of sp³-hybridized carbons (Fsp3) is 1.00. The summed E-state index contributed by atoms with van der Waals surface area (Å²) >= 11 is 0. The van der Waals surface area contributed by atoms with Crippen LogP contribution in [0.2, 0.25) is 0 Å². The molecule has 19 heavy (non-hydrogen) atoms. The maximum Gasteiger partial charge on any atom is 0.475 e. The van der Waals surface area contributed by atoms with Crippen LogP contribution in [-0.2, 0) is 9.31 Å². The van der Waals surface area contributed by atoms with Gasteiger partial charge < -0.3 is 15.0 Å². The van der Waals surface area contributed by atoms with Gasteiger partial charge in [-0.1, -0.05) is 34.1 Å². The molecule has 0 amide bonds. The minimum absolute atomic E-state index is 0.0238. The molecule has 2 N–H and O–H groups in total. The molecule has 6 unspecified atom stereocenters. The molecule has 3 aliphatic carbocycles. The Labute approximate surface area is 117 Å². The van der Waals surface area contributed by atoms with Crippen molar-refractivity contribution in [2.45, 2.75) is 71.5 Å². The van der Waals surface area contributed by atoms with Gasteiger partial charge in [0.2, 0.25) is 0 Å². The Morgan fingerprint density at radius 3 is 2.68 bits per heavy atom. The first kappa shape index (κ1) is 13.9. The molecule has 0 aromatic heterocycles. The summed E-state index contributed by atoms with van der Waals surface area (Å²) in [6.45, 7) is 9.16. The van der Waals surface area contributed by atoms with Crippen molar-refractivity contribution in [3.8, 4) is 0 Å². The van der Waals surface area contributed by atoms with Gasteiger partial charge in [-0.3, -0.25) is 0 Å². The van der Waals surface area contributed by atoms with Gasteiger partial charge in [-0.05, 0) is 42.4 Å². The van der Waals surface area contributed by atoms with Crippen molar-refractivity contribution >= 4 is 7.12 Å². The van der Waals surface area contributed by atoms with E-state index in [4.69, 9.17) is 15.0 Å². The number of hydrogen-bond acceptors (Lipinski definition) is 3. The lowest BCUT2D eigenvalue weighted by atomic mass is 9.45. The Hall–Kier alpha value is -0.0551. The van der Waals surface area contributed by atoms with Crippen LogP contribution in [0.5, 0.6) is 0 Å². The first-order chi connectivity index (χ1) is 8.95. The van der Waals surface area contributed by atoms with Crippen molar-refractivity contribution in [3.63, 3.8) is 0 Å². The van der Waals surface area contributed by atoms with Crippen molar-refractivity contribution in [3.05, 3.63) is 0 Å². The second kappa shape index (κ2) is 4.75. The second-order valence-electron chi connectivity index (χ2n) is 7.57. The van der Waals surface area contributed by atoms with Crippen LogP contribution in [0.1, 0.15) is 53.4 Å². The van der Waals surface area contributed by atoms with Gasteiger partial charge >= 0.3 is 7.12 Å². The molecule has 3 nitrogen and oxygen atoms in total. The molecule has 3 saturated carbocycles. The van der Waals surface area contributed by atoms with Crippen molar-refractivity contribution in [1.29, 1.82) is 0 Å². The lowest BCUT2D eigenvalue weighted by Gasteiger charge is -2.61. The van der Waals surface area contributed by atoms with Gasteiger partial charge in [-0.2, -0.15) is 0 Å². The molecular weight excluding hydrogens is 237 g/mol. The summed E-state index contributed by atoms with van der Waals surface area (Å²) in [6.07, 6.45) is 5.36. The Balaban J connectivity index is 1.66. The van der Waals surface area contributed by atoms with E-state index in [1.165, 1.54) is 19.3 Å². The highest BCUT2D eigenvalue weighted by Gasteiger charge is 2.63. The van der Waals surface area contributed by atoms with Gasteiger partial charge in [0.25, 0.3) is 0 Å². The Kier molecular flexibility index (Phi) is 3.47. The van der Waals surface area contributed by atoms with Crippen molar-refractivity contribution in [2.75, 3.05) is 0 Å². The Morgan fingerprint density at radius 2 is 2.05 bits per heavy atom. The molecule has 6 atom stereocenters. The average molecular weight is 265 g/mol. The number of hydrogen-bond donors (Lipinski definition) is 1. The summed E-state index contributed by atoms with van der Waals surface area (Å²) in [4.78, 5) is 0. The van der Waals surface area contributed by atoms with E-state index in [9.17, 15) is 0 Å². The van der Waals surface area contributed by atoms with Crippen LogP contribution >= 0.6 is 0 Å². The highest BCUT2D eigenvalue weighted by molar-refractivity contribution is 6.47. The maximum atomic E-state index is 6.24. The van der Waals surface area contributed by atoms with Crippen LogP contribution in [0.4, 0.5) is 0 Å². The summed E-state index contributed by atoms with van der Waals surface area (Å²) in [7, 11) is -0.169. The van der Waals surface area contributed by atoms with E-state index in [1.54, 1.807) is 0 Å². The minimum atomic E-state index is -0.169. The molecule has 1 saturated heterocycles. The monoisotopic (exact) mass is 265 g/mol. The number of rotatable bonds is 4. The SMILES string of the molecule is CCC1(C)C2CC3OB(C(N)CC(C)C)OC3C1C2. The summed E-state index contributed by atoms with van der Waals surface area (Å²) in [5, 5.41) is 0. The van der Waals surface area contributed by atoms with E-state index in [0.717, 1.165) is 12.3 Å². The van der Waals surface area contributed by atoms with Crippen LogP contribution in [0, 0.1) is 23.2 Å². The largest absolute Gasteiger partial charge is 0.475 e. The third-order valence-corrected chi connectivity index (χ3v) is 6.05. The van der Waals surface area contributed by atoms with Gasteiger partial charge in [0.15, 0.2) is 0 Å². The average Bonchev–Trinajstić information content (AvgIpc) is 2.80. The summed E-state index contributed by atoms with van der Waals surface area (Å²) in [6, 6.07) is 0. The third-order valence-electron chi connectivity index (χ3n) is 6.05. The Bertz CT molecular complexity index is 351. The topological polar surface area (TPSA) is 44.5 Å². The van der Waals surface area contributed by atoms with Gasteiger partial charge in [0.1, 0.15) is 0 Å². The van der Waals surface area contributed by atoms with E-state index in [-0.39, 0.29) is 13.1 Å². The standard InChI is InChI=1S/C15H28BNO2/c1-5-15(4)10-7-11(15)14-12(8-10)18-16(19-14)13(17)6-9(2)3/h9-14H,5-8,17H2,1-4H3. The zero-order valence-corrected chi connectivity index (χ0v) is 12.8. The quantitative estimate of drug-likeness (QED) is 0.795. The van der Waals surface area contributed by atoms with Crippen LogP contribution < -0.4 is 5.73 Å². The predicted molar refractivity (Wildman–Crippen MR) is 77.5 cm³/mol. The smallest absolute Gasteiger partial charge is 0.405 e. The zero-order valence-electron chi connectivity index (χ0n) is 12.8. The van der Waals surface area contributed by atoms with E-state index < -0.39 is 0 Å². The fourth-order valence-corrected chi connectivity index (χ4v) is 4.62. The molecule has 0 radical (unpaired) electrons. The molecular formula is C15H28BNO2. The zero-order chi connectivity index (χ0) is 13.8. The molecule has 0 aromatic rings. The van der Waals surface area contributed by atoms with E-state index in [0.29, 0.717) is 29.5 Å². The molecule has 0 spiro atoms.